The summed E-state index contributed by atoms with van der Waals surface area (Å²) in [6, 6.07) is 23.1. The molecule has 0 radical (unpaired) electrons. The first-order chi connectivity index (χ1) is 16.8. The predicted molar refractivity (Wildman–Crippen MR) is 137 cm³/mol. The molecule has 3 aromatic rings. The van der Waals surface area contributed by atoms with Gasteiger partial charge in [-0.1, -0.05) is 54.6 Å². The van der Waals surface area contributed by atoms with Crippen molar-refractivity contribution in [3.05, 3.63) is 90.0 Å². The molecule has 0 heterocycles. The third-order valence-electron chi connectivity index (χ3n) is 5.26. The summed E-state index contributed by atoms with van der Waals surface area (Å²) in [7, 11) is -2.11. The van der Waals surface area contributed by atoms with E-state index in [1.807, 2.05) is 30.3 Å². The summed E-state index contributed by atoms with van der Waals surface area (Å²) >= 11 is 0. The van der Waals surface area contributed by atoms with Gasteiger partial charge < -0.3 is 15.4 Å². The van der Waals surface area contributed by atoms with Gasteiger partial charge in [-0.25, -0.2) is 8.42 Å². The molecule has 0 aliphatic carbocycles. The molecule has 2 N–H and O–H groups in total. The maximum Gasteiger partial charge on any atom is 0.253 e. The lowest BCUT2D eigenvalue weighted by molar-refractivity contribution is -0.116. The van der Waals surface area contributed by atoms with E-state index in [1.165, 1.54) is 11.4 Å². The number of ether oxygens (including phenoxy) is 1. The minimum absolute atomic E-state index is 0.0706. The fraction of sp³-hybridized carbons (Fsp3) is 0.231. The molecule has 0 atom stereocenters. The molecule has 8 nitrogen and oxygen atoms in total. The number of methoxy groups -OCH3 is 1. The molecular weight excluding hydrogens is 466 g/mol. The van der Waals surface area contributed by atoms with E-state index in [0.717, 1.165) is 11.8 Å². The van der Waals surface area contributed by atoms with Crippen molar-refractivity contribution < 1.29 is 22.7 Å². The monoisotopic (exact) mass is 495 g/mol. The second-order valence-corrected chi connectivity index (χ2v) is 9.78. The quantitative estimate of drug-likeness (QED) is 0.421. The molecule has 35 heavy (non-hydrogen) atoms. The van der Waals surface area contributed by atoms with Crippen LogP contribution in [0.3, 0.4) is 0 Å². The SMILES string of the molecule is COc1ccccc1N(CCCC(=O)Nc1ccccc1C(=O)NCc1ccccc1)S(C)(=O)=O. The fourth-order valence-corrected chi connectivity index (χ4v) is 4.53. The highest BCUT2D eigenvalue weighted by Gasteiger charge is 2.21. The van der Waals surface area contributed by atoms with E-state index < -0.39 is 10.0 Å². The van der Waals surface area contributed by atoms with E-state index >= 15 is 0 Å². The van der Waals surface area contributed by atoms with Crippen LogP contribution in [0, 0.1) is 0 Å². The molecule has 0 aliphatic heterocycles. The summed E-state index contributed by atoms with van der Waals surface area (Å²) in [6.45, 7) is 0.470. The third-order valence-corrected chi connectivity index (χ3v) is 6.44. The summed E-state index contributed by atoms with van der Waals surface area (Å²) in [5.74, 6) is -0.191. The summed E-state index contributed by atoms with van der Waals surface area (Å²) in [5, 5.41) is 5.63. The van der Waals surface area contributed by atoms with E-state index in [9.17, 15) is 18.0 Å². The first-order valence-electron chi connectivity index (χ1n) is 11.1. The van der Waals surface area contributed by atoms with E-state index in [1.54, 1.807) is 48.5 Å². The van der Waals surface area contributed by atoms with E-state index in [-0.39, 0.29) is 31.2 Å². The largest absolute Gasteiger partial charge is 0.495 e. The number of anilines is 2. The average Bonchev–Trinajstić information content (AvgIpc) is 2.85. The minimum atomic E-state index is -3.59. The van der Waals surface area contributed by atoms with E-state index in [2.05, 4.69) is 10.6 Å². The second-order valence-electron chi connectivity index (χ2n) is 7.87. The van der Waals surface area contributed by atoms with Gasteiger partial charge in [0, 0.05) is 19.5 Å². The number of amides is 2. The number of sulfonamides is 1. The number of para-hydroxylation sites is 3. The van der Waals surface area contributed by atoms with Gasteiger partial charge in [-0.15, -0.1) is 0 Å². The normalized spacial score (nSPS) is 10.9. The molecule has 184 valence electrons. The molecule has 0 saturated carbocycles. The lowest BCUT2D eigenvalue weighted by Crippen LogP contribution is -2.32. The first-order valence-corrected chi connectivity index (χ1v) is 13.0. The fourth-order valence-electron chi connectivity index (χ4n) is 3.56. The predicted octanol–water partition coefficient (Wildman–Crippen LogP) is 3.81. The molecule has 0 spiro atoms. The number of nitrogens with one attached hydrogen (secondary N) is 2. The summed E-state index contributed by atoms with van der Waals surface area (Å²) in [6.07, 6.45) is 1.46. The van der Waals surface area contributed by atoms with Crippen LogP contribution in [0.4, 0.5) is 11.4 Å². The molecule has 0 saturated heterocycles. The number of rotatable bonds is 11. The number of nitrogens with zero attached hydrogens (tertiary/aromatic N) is 1. The van der Waals surface area contributed by atoms with Crippen LogP contribution in [-0.4, -0.2) is 40.1 Å². The zero-order valence-corrected chi connectivity index (χ0v) is 20.5. The highest BCUT2D eigenvalue weighted by molar-refractivity contribution is 7.92. The van der Waals surface area contributed by atoms with E-state index in [4.69, 9.17) is 4.74 Å². The van der Waals surface area contributed by atoms with Crippen LogP contribution in [-0.2, 0) is 21.4 Å². The van der Waals surface area contributed by atoms with Gasteiger partial charge in [0.1, 0.15) is 5.75 Å². The molecule has 0 fully saturated rings. The van der Waals surface area contributed by atoms with Crippen LogP contribution in [0.25, 0.3) is 0 Å². The Morgan fingerprint density at radius 2 is 1.57 bits per heavy atom. The van der Waals surface area contributed by atoms with Crippen molar-refractivity contribution in [2.75, 3.05) is 29.5 Å². The molecule has 2 amide bonds. The van der Waals surface area contributed by atoms with Gasteiger partial charge in [-0.3, -0.25) is 13.9 Å². The van der Waals surface area contributed by atoms with Gasteiger partial charge in [0.25, 0.3) is 5.91 Å². The van der Waals surface area contributed by atoms with Gasteiger partial charge in [-0.2, -0.15) is 0 Å². The van der Waals surface area contributed by atoms with Gasteiger partial charge in [0.15, 0.2) is 0 Å². The van der Waals surface area contributed by atoms with Crippen molar-refractivity contribution in [2.45, 2.75) is 19.4 Å². The smallest absolute Gasteiger partial charge is 0.253 e. The van der Waals surface area contributed by atoms with Crippen molar-refractivity contribution in [1.29, 1.82) is 0 Å². The molecule has 0 unspecified atom stereocenters. The number of benzene rings is 3. The van der Waals surface area contributed by atoms with Gasteiger partial charge in [-0.05, 0) is 36.2 Å². The maximum atomic E-state index is 12.7. The van der Waals surface area contributed by atoms with Crippen molar-refractivity contribution in [1.82, 2.24) is 5.32 Å². The molecule has 0 bridgehead atoms. The third kappa shape index (κ3) is 7.31. The molecule has 0 aliphatic rings. The average molecular weight is 496 g/mol. The van der Waals surface area contributed by atoms with Crippen LogP contribution in [0.5, 0.6) is 5.75 Å². The van der Waals surface area contributed by atoms with Gasteiger partial charge >= 0.3 is 0 Å². The van der Waals surface area contributed by atoms with Crippen molar-refractivity contribution in [3.63, 3.8) is 0 Å². The highest BCUT2D eigenvalue weighted by Crippen LogP contribution is 2.29. The Bertz CT molecular complexity index is 1260. The van der Waals surface area contributed by atoms with Crippen molar-refractivity contribution in [2.24, 2.45) is 0 Å². The number of carbonyl (C=O) groups is 2. The van der Waals surface area contributed by atoms with Crippen molar-refractivity contribution >= 4 is 33.2 Å². The van der Waals surface area contributed by atoms with Crippen molar-refractivity contribution in [3.8, 4) is 5.75 Å². The van der Waals surface area contributed by atoms with Crippen LogP contribution < -0.4 is 19.7 Å². The molecule has 3 aromatic carbocycles. The van der Waals surface area contributed by atoms with Crippen LogP contribution >= 0.6 is 0 Å². The lowest BCUT2D eigenvalue weighted by Gasteiger charge is -2.24. The Hall–Kier alpha value is -3.85. The Labute approximate surface area is 206 Å². The summed E-state index contributed by atoms with van der Waals surface area (Å²) in [5.41, 5.74) is 2.13. The number of hydrogen-bond donors (Lipinski definition) is 2. The Balaban J connectivity index is 1.61. The second kappa shape index (κ2) is 12.0. The molecule has 3 rings (SSSR count). The Morgan fingerprint density at radius 3 is 2.29 bits per heavy atom. The Kier molecular flexibility index (Phi) is 8.86. The van der Waals surface area contributed by atoms with E-state index in [0.29, 0.717) is 29.2 Å². The molecular formula is C26H29N3O5S. The van der Waals surface area contributed by atoms with Gasteiger partial charge in [0.2, 0.25) is 15.9 Å². The van der Waals surface area contributed by atoms with Crippen LogP contribution in [0.1, 0.15) is 28.8 Å². The highest BCUT2D eigenvalue weighted by atomic mass is 32.2. The zero-order valence-electron chi connectivity index (χ0n) is 19.7. The first kappa shape index (κ1) is 25.8. The number of carbonyl (C=O) groups excluding carboxylic acids is 2. The molecule has 0 aromatic heterocycles. The van der Waals surface area contributed by atoms with Gasteiger partial charge in [0.05, 0.1) is 30.3 Å². The topological polar surface area (TPSA) is 105 Å². The van der Waals surface area contributed by atoms with Crippen LogP contribution in [0.2, 0.25) is 0 Å². The summed E-state index contributed by atoms with van der Waals surface area (Å²) < 4.78 is 31.3. The Morgan fingerprint density at radius 1 is 0.914 bits per heavy atom. The molecule has 9 heteroatoms. The lowest BCUT2D eigenvalue weighted by atomic mass is 10.1. The minimum Gasteiger partial charge on any atom is -0.495 e. The summed E-state index contributed by atoms with van der Waals surface area (Å²) in [4.78, 5) is 25.3. The standard InChI is InChI=1S/C26H29N3O5S/c1-34-24-16-9-8-15-23(24)29(35(2,32)33)18-10-17-25(30)28-22-14-7-6-13-21(22)26(31)27-19-20-11-4-3-5-12-20/h3-9,11-16H,10,17-19H2,1-2H3,(H,27,31)(H,28,30). The number of hydrogen-bond acceptors (Lipinski definition) is 5. The zero-order chi connectivity index (χ0) is 25.3. The van der Waals surface area contributed by atoms with Crippen LogP contribution in [0.15, 0.2) is 78.9 Å². The maximum absolute atomic E-state index is 12.7.